The zero-order valence-corrected chi connectivity index (χ0v) is 11.6. The van der Waals surface area contributed by atoms with Gasteiger partial charge in [0.25, 0.3) is 0 Å². The predicted octanol–water partition coefficient (Wildman–Crippen LogP) is 2.73. The Balaban J connectivity index is 3.17. The number of ketones is 1. The Labute approximate surface area is 108 Å². The van der Waals surface area contributed by atoms with Gasteiger partial charge >= 0.3 is 0 Å². The Bertz CT molecular complexity index is 524. The van der Waals surface area contributed by atoms with E-state index in [0.717, 1.165) is 17.8 Å². The molecule has 4 nitrogen and oxygen atoms in total. The molecule has 0 amide bonds. The van der Waals surface area contributed by atoms with Crippen LogP contribution in [0.15, 0.2) is 11.8 Å². The summed E-state index contributed by atoms with van der Waals surface area (Å²) in [5.74, 6) is -0.145. The number of hydrogen-bond donors (Lipinski definition) is 0. The molecule has 1 rings (SSSR count). The third-order valence-electron chi connectivity index (χ3n) is 2.79. The van der Waals surface area contributed by atoms with Crippen molar-refractivity contribution in [3.63, 3.8) is 0 Å². The van der Waals surface area contributed by atoms with E-state index >= 15 is 0 Å². The second kappa shape index (κ2) is 5.18. The summed E-state index contributed by atoms with van der Waals surface area (Å²) in [4.78, 5) is 12.1. The van der Waals surface area contributed by atoms with E-state index in [-0.39, 0.29) is 11.4 Å². The first kappa shape index (κ1) is 14.2. The van der Waals surface area contributed by atoms with Gasteiger partial charge < -0.3 is 0 Å². The summed E-state index contributed by atoms with van der Waals surface area (Å²) in [7, 11) is 0. The van der Waals surface area contributed by atoms with E-state index in [0.29, 0.717) is 0 Å². The van der Waals surface area contributed by atoms with Gasteiger partial charge in [0.15, 0.2) is 5.78 Å². The molecule has 0 unspecified atom stereocenters. The summed E-state index contributed by atoms with van der Waals surface area (Å²) in [6.07, 6.45) is 3.31. The van der Waals surface area contributed by atoms with Gasteiger partial charge in [0.2, 0.25) is 0 Å². The van der Waals surface area contributed by atoms with Crippen LogP contribution in [0, 0.1) is 23.7 Å². The molecule has 0 fully saturated rings. The van der Waals surface area contributed by atoms with Gasteiger partial charge in [-0.2, -0.15) is 10.4 Å². The van der Waals surface area contributed by atoms with Crippen LogP contribution < -0.4 is 0 Å². The first-order valence-electron chi connectivity index (χ1n) is 6.00. The Morgan fingerprint density at radius 1 is 1.56 bits per heavy atom. The molecule has 0 bridgehead atoms. The number of carbonyl (C=O) groups is 1. The van der Waals surface area contributed by atoms with Crippen molar-refractivity contribution in [3.05, 3.63) is 23.0 Å². The molecule has 18 heavy (non-hydrogen) atoms. The van der Waals surface area contributed by atoms with Crippen LogP contribution >= 0.6 is 0 Å². The summed E-state index contributed by atoms with van der Waals surface area (Å²) in [5.41, 5.74) is 1.43. The number of Topliss-reactive ketones (excluding diaryl/α,β-unsaturated/α-hetero) is 1. The highest BCUT2D eigenvalue weighted by Gasteiger charge is 2.25. The molecule has 0 N–H and O–H groups in total. The molecule has 0 atom stereocenters. The maximum atomic E-state index is 12.1. The number of carbonyl (C=O) groups excluding carboxylic acids is 1. The normalized spacial score (nSPS) is 12.3. The van der Waals surface area contributed by atoms with Gasteiger partial charge in [-0.3, -0.25) is 9.48 Å². The molecular formula is C14H19N3O. The minimum absolute atomic E-state index is 0.145. The van der Waals surface area contributed by atoms with E-state index < -0.39 is 5.41 Å². The van der Waals surface area contributed by atoms with E-state index in [4.69, 9.17) is 5.26 Å². The molecule has 0 saturated carbocycles. The van der Waals surface area contributed by atoms with Crippen LogP contribution in [0.4, 0.5) is 0 Å². The molecule has 1 aromatic heterocycles. The van der Waals surface area contributed by atoms with E-state index in [1.807, 2.05) is 45.4 Å². The average molecular weight is 245 g/mol. The van der Waals surface area contributed by atoms with Gasteiger partial charge in [0.1, 0.15) is 6.07 Å². The van der Waals surface area contributed by atoms with Crippen molar-refractivity contribution in [2.45, 2.75) is 41.2 Å². The maximum Gasteiger partial charge on any atom is 0.178 e. The molecule has 1 aromatic rings. The zero-order chi connectivity index (χ0) is 13.9. The van der Waals surface area contributed by atoms with E-state index in [9.17, 15) is 4.79 Å². The van der Waals surface area contributed by atoms with Crippen molar-refractivity contribution in [1.29, 1.82) is 5.26 Å². The standard InChI is InChI=1S/C14H19N3O/c1-6-17-10(2)12(9-16-17)7-11(8-15)13(18)14(3,4)5/h7,9H,6H2,1-5H3. The lowest BCUT2D eigenvalue weighted by Crippen LogP contribution is -2.21. The third-order valence-corrected chi connectivity index (χ3v) is 2.79. The Kier molecular flexibility index (Phi) is 4.07. The molecule has 0 radical (unpaired) electrons. The minimum Gasteiger partial charge on any atom is -0.293 e. The van der Waals surface area contributed by atoms with E-state index in [1.165, 1.54) is 0 Å². The fourth-order valence-electron chi connectivity index (χ4n) is 1.63. The van der Waals surface area contributed by atoms with Crippen LogP contribution in [-0.4, -0.2) is 15.6 Å². The molecule has 0 saturated heterocycles. The highest BCUT2D eigenvalue weighted by atomic mass is 16.1. The Morgan fingerprint density at radius 2 is 2.17 bits per heavy atom. The molecule has 1 heterocycles. The van der Waals surface area contributed by atoms with Crippen molar-refractivity contribution >= 4 is 11.9 Å². The minimum atomic E-state index is -0.545. The second-order valence-corrected chi connectivity index (χ2v) is 5.25. The number of nitriles is 1. The molecule has 0 aromatic carbocycles. The zero-order valence-electron chi connectivity index (χ0n) is 11.6. The van der Waals surface area contributed by atoms with Crippen LogP contribution in [0.1, 0.15) is 39.0 Å². The highest BCUT2D eigenvalue weighted by molar-refractivity contribution is 6.06. The number of aryl methyl sites for hydroxylation is 1. The van der Waals surface area contributed by atoms with Crippen molar-refractivity contribution in [2.24, 2.45) is 5.41 Å². The molecule has 96 valence electrons. The van der Waals surface area contributed by atoms with Crippen LogP contribution in [0.25, 0.3) is 6.08 Å². The molecule has 0 aliphatic carbocycles. The fourth-order valence-corrected chi connectivity index (χ4v) is 1.63. The smallest absolute Gasteiger partial charge is 0.178 e. The van der Waals surface area contributed by atoms with Crippen molar-refractivity contribution in [2.75, 3.05) is 0 Å². The summed E-state index contributed by atoms with van der Waals surface area (Å²) in [6.45, 7) is 10.1. The number of hydrogen-bond acceptors (Lipinski definition) is 3. The maximum absolute atomic E-state index is 12.1. The largest absolute Gasteiger partial charge is 0.293 e. The van der Waals surface area contributed by atoms with Gasteiger partial charge in [-0.25, -0.2) is 0 Å². The van der Waals surface area contributed by atoms with Crippen molar-refractivity contribution in [1.82, 2.24) is 9.78 Å². The predicted molar refractivity (Wildman–Crippen MR) is 70.7 cm³/mol. The lowest BCUT2D eigenvalue weighted by Gasteiger charge is -2.15. The summed E-state index contributed by atoms with van der Waals surface area (Å²) >= 11 is 0. The summed E-state index contributed by atoms with van der Waals surface area (Å²) < 4.78 is 1.84. The molecule has 0 aliphatic rings. The monoisotopic (exact) mass is 245 g/mol. The lowest BCUT2D eigenvalue weighted by molar-refractivity contribution is -0.121. The van der Waals surface area contributed by atoms with E-state index in [2.05, 4.69) is 5.10 Å². The summed E-state index contributed by atoms with van der Waals surface area (Å²) in [5, 5.41) is 13.3. The fraction of sp³-hybridized carbons (Fsp3) is 0.500. The second-order valence-electron chi connectivity index (χ2n) is 5.25. The quantitative estimate of drug-likeness (QED) is 0.607. The van der Waals surface area contributed by atoms with Gasteiger partial charge in [0.05, 0.1) is 11.8 Å². The first-order chi connectivity index (χ1) is 8.31. The molecular weight excluding hydrogens is 226 g/mol. The average Bonchev–Trinajstić information content (AvgIpc) is 2.65. The Morgan fingerprint density at radius 3 is 2.56 bits per heavy atom. The number of allylic oxidation sites excluding steroid dienone is 1. The van der Waals surface area contributed by atoms with Crippen molar-refractivity contribution in [3.8, 4) is 6.07 Å². The molecule has 0 aliphatic heterocycles. The number of aromatic nitrogens is 2. The molecule has 0 spiro atoms. The summed E-state index contributed by atoms with van der Waals surface area (Å²) in [6, 6.07) is 1.99. The lowest BCUT2D eigenvalue weighted by atomic mass is 9.86. The van der Waals surface area contributed by atoms with Gasteiger partial charge in [-0.15, -0.1) is 0 Å². The van der Waals surface area contributed by atoms with E-state index in [1.54, 1.807) is 12.3 Å². The highest BCUT2D eigenvalue weighted by Crippen LogP contribution is 2.22. The SMILES string of the molecule is CCn1ncc(C=C(C#N)C(=O)C(C)(C)C)c1C. The molecule has 4 heteroatoms. The number of nitrogens with zero attached hydrogens (tertiary/aromatic N) is 3. The van der Waals surface area contributed by atoms with Gasteiger partial charge in [0, 0.05) is 23.2 Å². The first-order valence-corrected chi connectivity index (χ1v) is 6.00. The van der Waals surface area contributed by atoms with Crippen LogP contribution in [0.2, 0.25) is 0 Å². The van der Waals surface area contributed by atoms with Crippen LogP contribution in [0.3, 0.4) is 0 Å². The van der Waals surface area contributed by atoms with Crippen LogP contribution in [0.5, 0.6) is 0 Å². The Hall–Kier alpha value is -1.89. The topological polar surface area (TPSA) is 58.7 Å². The van der Waals surface area contributed by atoms with Gasteiger partial charge in [-0.05, 0) is 19.9 Å². The van der Waals surface area contributed by atoms with Gasteiger partial charge in [-0.1, -0.05) is 20.8 Å². The van der Waals surface area contributed by atoms with Crippen LogP contribution in [-0.2, 0) is 11.3 Å². The number of rotatable bonds is 3. The third kappa shape index (κ3) is 2.86. The van der Waals surface area contributed by atoms with Crippen molar-refractivity contribution < 1.29 is 4.79 Å².